The summed E-state index contributed by atoms with van der Waals surface area (Å²) in [4.78, 5) is 23.3. The normalized spacial score (nSPS) is 10.3. The zero-order chi connectivity index (χ0) is 14.9. The highest BCUT2D eigenvalue weighted by atomic mass is 16.5. The average molecular weight is 274 g/mol. The molecule has 0 aliphatic heterocycles. The van der Waals surface area contributed by atoms with Crippen molar-refractivity contribution >= 4 is 17.6 Å². The van der Waals surface area contributed by atoms with Crippen LogP contribution in [0.2, 0.25) is 0 Å². The lowest BCUT2D eigenvalue weighted by Crippen LogP contribution is -2.16. The number of benzene rings is 1. The number of amides is 1. The Kier molecular flexibility index (Phi) is 3.56. The van der Waals surface area contributed by atoms with Gasteiger partial charge < -0.3 is 14.9 Å². The van der Waals surface area contributed by atoms with Gasteiger partial charge in [0.25, 0.3) is 5.91 Å². The van der Waals surface area contributed by atoms with Gasteiger partial charge >= 0.3 is 5.97 Å². The fourth-order valence-electron chi connectivity index (χ4n) is 1.98. The van der Waals surface area contributed by atoms with Crippen molar-refractivity contribution in [3.8, 4) is 0 Å². The van der Waals surface area contributed by atoms with Gasteiger partial charge in [-0.3, -0.25) is 4.79 Å². The SMILES string of the molecule is Cc1cc(C)c(NC(=O)c2oncc2C)c(C(=O)O)c1. The first-order chi connectivity index (χ1) is 9.40. The van der Waals surface area contributed by atoms with E-state index in [4.69, 9.17) is 4.52 Å². The molecule has 1 amide bonds. The number of nitrogens with zero attached hydrogens (tertiary/aromatic N) is 1. The van der Waals surface area contributed by atoms with Gasteiger partial charge in [0.15, 0.2) is 0 Å². The van der Waals surface area contributed by atoms with Crippen LogP contribution >= 0.6 is 0 Å². The van der Waals surface area contributed by atoms with Crippen molar-refractivity contribution in [1.82, 2.24) is 5.16 Å². The van der Waals surface area contributed by atoms with E-state index in [2.05, 4.69) is 10.5 Å². The van der Waals surface area contributed by atoms with Crippen molar-refractivity contribution in [1.29, 1.82) is 0 Å². The van der Waals surface area contributed by atoms with Crippen molar-refractivity contribution in [2.75, 3.05) is 5.32 Å². The second-order valence-corrected chi connectivity index (χ2v) is 4.60. The van der Waals surface area contributed by atoms with E-state index in [0.29, 0.717) is 11.1 Å². The van der Waals surface area contributed by atoms with Gasteiger partial charge in [0.2, 0.25) is 5.76 Å². The molecule has 0 atom stereocenters. The summed E-state index contributed by atoms with van der Waals surface area (Å²) in [7, 11) is 0. The highest BCUT2D eigenvalue weighted by molar-refractivity contribution is 6.07. The van der Waals surface area contributed by atoms with Crippen LogP contribution in [0, 0.1) is 20.8 Å². The Bertz CT molecular complexity index is 688. The first kappa shape index (κ1) is 13.8. The predicted octanol–water partition coefficient (Wildman–Crippen LogP) is 2.55. The number of carbonyl (C=O) groups is 2. The van der Waals surface area contributed by atoms with Gasteiger partial charge in [-0.15, -0.1) is 0 Å². The molecule has 2 aromatic rings. The molecule has 1 heterocycles. The largest absolute Gasteiger partial charge is 0.478 e. The molecule has 6 heteroatoms. The summed E-state index contributed by atoms with van der Waals surface area (Å²) >= 11 is 0. The van der Waals surface area contributed by atoms with E-state index >= 15 is 0 Å². The molecule has 0 spiro atoms. The Morgan fingerprint density at radius 1 is 1.20 bits per heavy atom. The van der Waals surface area contributed by atoms with Crippen molar-refractivity contribution in [3.05, 3.63) is 46.3 Å². The van der Waals surface area contributed by atoms with E-state index in [1.54, 1.807) is 26.8 Å². The highest BCUT2D eigenvalue weighted by Crippen LogP contribution is 2.24. The molecule has 0 saturated carbocycles. The van der Waals surface area contributed by atoms with Crippen LogP contribution in [0.3, 0.4) is 0 Å². The molecule has 0 aliphatic rings. The second kappa shape index (κ2) is 5.16. The van der Waals surface area contributed by atoms with Crippen LogP contribution in [0.1, 0.15) is 37.6 Å². The number of carbonyl (C=O) groups excluding carboxylic acids is 1. The van der Waals surface area contributed by atoms with Crippen molar-refractivity contribution < 1.29 is 19.2 Å². The molecule has 0 radical (unpaired) electrons. The van der Waals surface area contributed by atoms with Gasteiger partial charge in [-0.2, -0.15) is 0 Å². The molecular weight excluding hydrogens is 260 g/mol. The molecule has 0 saturated heterocycles. The number of aromatic carboxylic acids is 1. The minimum atomic E-state index is -1.10. The molecule has 20 heavy (non-hydrogen) atoms. The number of carboxylic acid groups (broad SMARTS) is 1. The van der Waals surface area contributed by atoms with E-state index in [1.807, 2.05) is 0 Å². The summed E-state index contributed by atoms with van der Waals surface area (Å²) in [6.07, 6.45) is 1.43. The molecule has 2 rings (SSSR count). The van der Waals surface area contributed by atoms with Gasteiger partial charge in [-0.05, 0) is 38.0 Å². The third-order valence-electron chi connectivity index (χ3n) is 2.90. The van der Waals surface area contributed by atoms with Crippen LogP contribution in [0.25, 0.3) is 0 Å². The van der Waals surface area contributed by atoms with Gasteiger partial charge in [-0.25, -0.2) is 4.79 Å². The van der Waals surface area contributed by atoms with Crippen molar-refractivity contribution in [2.24, 2.45) is 0 Å². The predicted molar refractivity (Wildman–Crippen MR) is 72.1 cm³/mol. The molecule has 0 bridgehead atoms. The monoisotopic (exact) mass is 274 g/mol. The van der Waals surface area contributed by atoms with Crippen LogP contribution in [0.15, 0.2) is 22.9 Å². The Morgan fingerprint density at radius 3 is 2.45 bits per heavy atom. The van der Waals surface area contributed by atoms with Crippen molar-refractivity contribution in [2.45, 2.75) is 20.8 Å². The van der Waals surface area contributed by atoms with Crippen LogP contribution in [-0.4, -0.2) is 22.1 Å². The fourth-order valence-corrected chi connectivity index (χ4v) is 1.98. The topological polar surface area (TPSA) is 92.4 Å². The number of hydrogen-bond donors (Lipinski definition) is 2. The maximum Gasteiger partial charge on any atom is 0.337 e. The van der Waals surface area contributed by atoms with Crippen LogP contribution in [0.4, 0.5) is 5.69 Å². The summed E-state index contributed by atoms with van der Waals surface area (Å²) < 4.78 is 4.85. The lowest BCUT2D eigenvalue weighted by atomic mass is 10.0. The van der Waals surface area contributed by atoms with E-state index in [1.165, 1.54) is 12.3 Å². The minimum absolute atomic E-state index is 0.0491. The third-order valence-corrected chi connectivity index (χ3v) is 2.90. The summed E-state index contributed by atoms with van der Waals surface area (Å²) in [5.74, 6) is -1.54. The molecule has 0 aliphatic carbocycles. The van der Waals surface area contributed by atoms with Gasteiger partial charge in [0.05, 0.1) is 17.4 Å². The zero-order valence-electron chi connectivity index (χ0n) is 11.4. The maximum atomic E-state index is 12.1. The molecule has 2 N–H and O–H groups in total. The number of nitrogens with one attached hydrogen (secondary N) is 1. The first-order valence-electron chi connectivity index (χ1n) is 5.97. The van der Waals surface area contributed by atoms with Crippen LogP contribution in [0.5, 0.6) is 0 Å². The van der Waals surface area contributed by atoms with Crippen LogP contribution in [-0.2, 0) is 0 Å². The highest BCUT2D eigenvalue weighted by Gasteiger charge is 2.19. The molecular formula is C14H14N2O4. The smallest absolute Gasteiger partial charge is 0.337 e. The van der Waals surface area contributed by atoms with E-state index in [-0.39, 0.29) is 17.0 Å². The van der Waals surface area contributed by atoms with E-state index in [0.717, 1.165) is 5.56 Å². The Morgan fingerprint density at radius 2 is 1.90 bits per heavy atom. The fraction of sp³-hybridized carbons (Fsp3) is 0.214. The Hall–Kier alpha value is -2.63. The third kappa shape index (κ3) is 2.54. The zero-order valence-corrected chi connectivity index (χ0v) is 11.4. The molecule has 1 aromatic heterocycles. The molecule has 0 unspecified atom stereocenters. The van der Waals surface area contributed by atoms with Gasteiger partial charge in [-0.1, -0.05) is 11.2 Å². The minimum Gasteiger partial charge on any atom is -0.478 e. The number of carboxylic acids is 1. The Balaban J connectivity index is 2.41. The molecule has 1 aromatic carbocycles. The molecule has 6 nitrogen and oxygen atoms in total. The number of aromatic nitrogens is 1. The van der Waals surface area contributed by atoms with Gasteiger partial charge in [0.1, 0.15) is 0 Å². The van der Waals surface area contributed by atoms with Crippen LogP contribution < -0.4 is 5.32 Å². The van der Waals surface area contributed by atoms with Crippen molar-refractivity contribution in [3.63, 3.8) is 0 Å². The number of anilines is 1. The second-order valence-electron chi connectivity index (χ2n) is 4.60. The van der Waals surface area contributed by atoms with E-state index in [9.17, 15) is 14.7 Å². The number of hydrogen-bond acceptors (Lipinski definition) is 4. The standard InChI is InChI=1S/C14H14N2O4/c1-7-4-8(2)11(10(5-7)14(18)19)16-13(17)12-9(3)6-15-20-12/h4-6H,1-3H3,(H,16,17)(H,18,19). The first-order valence-corrected chi connectivity index (χ1v) is 5.97. The summed E-state index contributed by atoms with van der Waals surface area (Å²) in [5.41, 5.74) is 2.39. The molecule has 104 valence electrons. The lowest BCUT2D eigenvalue weighted by molar-refractivity contribution is 0.0698. The number of aryl methyl sites for hydroxylation is 3. The number of rotatable bonds is 3. The molecule has 0 fully saturated rings. The Labute approximate surface area is 115 Å². The quantitative estimate of drug-likeness (QED) is 0.897. The summed E-state index contributed by atoms with van der Waals surface area (Å²) in [6, 6.07) is 3.31. The average Bonchev–Trinajstić information content (AvgIpc) is 2.78. The summed E-state index contributed by atoms with van der Waals surface area (Å²) in [5, 5.41) is 15.3. The summed E-state index contributed by atoms with van der Waals surface area (Å²) in [6.45, 7) is 5.22. The van der Waals surface area contributed by atoms with E-state index < -0.39 is 11.9 Å². The lowest BCUT2D eigenvalue weighted by Gasteiger charge is -2.12. The maximum absolute atomic E-state index is 12.1. The van der Waals surface area contributed by atoms with Gasteiger partial charge in [0, 0.05) is 5.56 Å².